The van der Waals surface area contributed by atoms with Crippen molar-refractivity contribution in [3.05, 3.63) is 16.8 Å². The van der Waals surface area contributed by atoms with E-state index in [4.69, 9.17) is 5.26 Å². The summed E-state index contributed by atoms with van der Waals surface area (Å²) in [6, 6.07) is 4.46. The third-order valence-corrected chi connectivity index (χ3v) is 3.62. The van der Waals surface area contributed by atoms with Gasteiger partial charge in [-0.2, -0.15) is 16.6 Å². The van der Waals surface area contributed by atoms with E-state index in [1.807, 2.05) is 5.38 Å². The van der Waals surface area contributed by atoms with Crippen molar-refractivity contribution >= 4 is 17.0 Å². The largest absolute Gasteiger partial charge is 0.383 e. The Morgan fingerprint density at radius 1 is 1.64 bits per heavy atom. The van der Waals surface area contributed by atoms with E-state index in [0.29, 0.717) is 5.92 Å². The minimum Gasteiger partial charge on any atom is -0.383 e. The Balaban J connectivity index is 1.81. The molecule has 1 heterocycles. The number of nitriles is 1. The maximum Gasteiger partial charge on any atom is 0.0677 e. The zero-order chi connectivity index (χ0) is 9.80. The second kappa shape index (κ2) is 4.47. The summed E-state index contributed by atoms with van der Waals surface area (Å²) in [5, 5.41) is 16.4. The smallest absolute Gasteiger partial charge is 0.0677 e. The first-order valence-corrected chi connectivity index (χ1v) is 6.00. The van der Waals surface area contributed by atoms with Crippen molar-refractivity contribution < 1.29 is 0 Å². The first-order chi connectivity index (χ1) is 6.90. The third kappa shape index (κ3) is 2.08. The molecule has 2 rings (SSSR count). The van der Waals surface area contributed by atoms with Crippen LogP contribution in [-0.2, 0) is 0 Å². The van der Waals surface area contributed by atoms with Crippen LogP contribution in [0.3, 0.4) is 0 Å². The van der Waals surface area contributed by atoms with Crippen LogP contribution in [0.15, 0.2) is 16.8 Å². The number of anilines is 1. The van der Waals surface area contributed by atoms with Crippen molar-refractivity contribution in [1.29, 1.82) is 5.26 Å². The van der Waals surface area contributed by atoms with Crippen LogP contribution in [-0.4, -0.2) is 6.54 Å². The van der Waals surface area contributed by atoms with E-state index in [1.165, 1.54) is 19.3 Å². The van der Waals surface area contributed by atoms with Gasteiger partial charge in [0.05, 0.1) is 12.0 Å². The molecule has 0 saturated heterocycles. The number of rotatable bonds is 4. The molecule has 1 fully saturated rings. The predicted molar refractivity (Wildman–Crippen MR) is 59.3 cm³/mol. The van der Waals surface area contributed by atoms with E-state index in [-0.39, 0.29) is 5.92 Å². The predicted octanol–water partition coefficient (Wildman–Crippen LogP) is 3.10. The lowest BCUT2D eigenvalue weighted by Gasteiger charge is -2.29. The van der Waals surface area contributed by atoms with Crippen molar-refractivity contribution in [1.82, 2.24) is 0 Å². The van der Waals surface area contributed by atoms with E-state index in [0.717, 1.165) is 12.2 Å². The van der Waals surface area contributed by atoms with Crippen LogP contribution in [0, 0.1) is 23.2 Å². The Bertz CT molecular complexity index is 309. The third-order valence-electron chi connectivity index (χ3n) is 2.93. The van der Waals surface area contributed by atoms with E-state index < -0.39 is 0 Å². The molecule has 0 spiro atoms. The van der Waals surface area contributed by atoms with Crippen molar-refractivity contribution in [2.24, 2.45) is 11.8 Å². The van der Waals surface area contributed by atoms with Gasteiger partial charge in [0.15, 0.2) is 0 Å². The monoisotopic (exact) mass is 206 g/mol. The lowest BCUT2D eigenvalue weighted by atomic mass is 9.76. The molecular weight excluding hydrogens is 192 g/mol. The molecule has 0 radical (unpaired) electrons. The zero-order valence-electron chi connectivity index (χ0n) is 8.07. The molecule has 1 unspecified atom stereocenters. The Kier molecular flexibility index (Phi) is 3.05. The van der Waals surface area contributed by atoms with Crippen molar-refractivity contribution in [2.75, 3.05) is 11.9 Å². The fourth-order valence-corrected chi connectivity index (χ4v) is 2.37. The lowest BCUT2D eigenvalue weighted by Crippen LogP contribution is -2.26. The SMILES string of the molecule is N#CC(CNc1ccsc1)C1CCC1. The van der Waals surface area contributed by atoms with Crippen LogP contribution in [0.4, 0.5) is 5.69 Å². The van der Waals surface area contributed by atoms with E-state index in [2.05, 4.69) is 22.8 Å². The van der Waals surface area contributed by atoms with Crippen LogP contribution in [0.25, 0.3) is 0 Å². The molecule has 74 valence electrons. The van der Waals surface area contributed by atoms with Crippen molar-refractivity contribution in [3.8, 4) is 6.07 Å². The molecule has 1 atom stereocenters. The molecule has 2 nitrogen and oxygen atoms in total. The van der Waals surface area contributed by atoms with Crippen LogP contribution < -0.4 is 5.32 Å². The van der Waals surface area contributed by atoms with E-state index in [1.54, 1.807) is 11.3 Å². The summed E-state index contributed by atoms with van der Waals surface area (Å²) in [6.45, 7) is 0.803. The minimum absolute atomic E-state index is 0.198. The Labute approximate surface area is 88.6 Å². The molecule has 14 heavy (non-hydrogen) atoms. The molecule has 0 aliphatic heterocycles. The van der Waals surface area contributed by atoms with Gasteiger partial charge in [0.25, 0.3) is 0 Å². The number of hydrogen-bond donors (Lipinski definition) is 1. The van der Waals surface area contributed by atoms with E-state index in [9.17, 15) is 0 Å². The number of nitrogens with zero attached hydrogens (tertiary/aromatic N) is 1. The molecule has 1 aliphatic rings. The standard InChI is InChI=1S/C11H14N2S/c12-6-10(9-2-1-3-9)7-13-11-4-5-14-8-11/h4-5,8-10,13H,1-3,7H2. The van der Waals surface area contributed by atoms with Gasteiger partial charge < -0.3 is 5.32 Å². The average molecular weight is 206 g/mol. The summed E-state index contributed by atoms with van der Waals surface area (Å²) < 4.78 is 0. The second-order valence-corrected chi connectivity index (χ2v) is 4.60. The van der Waals surface area contributed by atoms with Gasteiger partial charge in [-0.15, -0.1) is 0 Å². The highest BCUT2D eigenvalue weighted by atomic mass is 32.1. The summed E-state index contributed by atoms with van der Waals surface area (Å²) in [5.41, 5.74) is 1.15. The van der Waals surface area contributed by atoms with Gasteiger partial charge in [0, 0.05) is 17.6 Å². The quantitative estimate of drug-likeness (QED) is 0.821. The normalized spacial score (nSPS) is 18.2. The first-order valence-electron chi connectivity index (χ1n) is 5.06. The topological polar surface area (TPSA) is 35.8 Å². The molecule has 1 aromatic rings. The van der Waals surface area contributed by atoms with Gasteiger partial charge in [-0.25, -0.2) is 0 Å². The van der Waals surface area contributed by atoms with Crippen molar-refractivity contribution in [2.45, 2.75) is 19.3 Å². The van der Waals surface area contributed by atoms with Gasteiger partial charge in [0.2, 0.25) is 0 Å². The number of nitrogens with one attached hydrogen (secondary N) is 1. The molecule has 3 heteroatoms. The summed E-state index contributed by atoms with van der Waals surface area (Å²) in [4.78, 5) is 0. The highest BCUT2D eigenvalue weighted by molar-refractivity contribution is 7.08. The highest BCUT2D eigenvalue weighted by Crippen LogP contribution is 2.33. The molecule has 1 aliphatic carbocycles. The van der Waals surface area contributed by atoms with E-state index >= 15 is 0 Å². The summed E-state index contributed by atoms with van der Waals surface area (Å²) in [6.07, 6.45) is 3.79. The molecule has 1 N–H and O–H groups in total. The second-order valence-electron chi connectivity index (χ2n) is 3.82. The summed E-state index contributed by atoms with van der Waals surface area (Å²) >= 11 is 1.68. The van der Waals surface area contributed by atoms with Gasteiger partial charge in [-0.1, -0.05) is 6.42 Å². The molecular formula is C11H14N2S. The Morgan fingerprint density at radius 2 is 2.50 bits per heavy atom. The van der Waals surface area contributed by atoms with Crippen LogP contribution in [0.2, 0.25) is 0 Å². The summed E-state index contributed by atoms with van der Waals surface area (Å²) in [7, 11) is 0. The van der Waals surface area contributed by atoms with Crippen LogP contribution >= 0.6 is 11.3 Å². The summed E-state index contributed by atoms with van der Waals surface area (Å²) in [5.74, 6) is 0.842. The molecule has 0 bridgehead atoms. The average Bonchev–Trinajstić information content (AvgIpc) is 2.61. The van der Waals surface area contributed by atoms with Crippen LogP contribution in [0.5, 0.6) is 0 Å². The van der Waals surface area contributed by atoms with Gasteiger partial charge in [0.1, 0.15) is 0 Å². The minimum atomic E-state index is 0.198. The Morgan fingerprint density at radius 3 is 3.00 bits per heavy atom. The number of hydrogen-bond acceptors (Lipinski definition) is 3. The fourth-order valence-electron chi connectivity index (χ4n) is 1.75. The van der Waals surface area contributed by atoms with Crippen molar-refractivity contribution in [3.63, 3.8) is 0 Å². The maximum atomic E-state index is 9.00. The molecule has 0 aromatic carbocycles. The lowest BCUT2D eigenvalue weighted by molar-refractivity contribution is 0.254. The fraction of sp³-hybridized carbons (Fsp3) is 0.545. The maximum absolute atomic E-state index is 9.00. The van der Waals surface area contributed by atoms with Crippen LogP contribution in [0.1, 0.15) is 19.3 Å². The first kappa shape index (κ1) is 9.54. The Hall–Kier alpha value is -1.01. The zero-order valence-corrected chi connectivity index (χ0v) is 8.89. The number of thiophene rings is 1. The van der Waals surface area contributed by atoms with Gasteiger partial charge in [-0.05, 0) is 30.2 Å². The molecule has 0 amide bonds. The molecule has 1 aromatic heterocycles. The van der Waals surface area contributed by atoms with Gasteiger partial charge in [-0.3, -0.25) is 0 Å². The van der Waals surface area contributed by atoms with Gasteiger partial charge >= 0.3 is 0 Å². The highest BCUT2D eigenvalue weighted by Gasteiger charge is 2.26. The molecule has 1 saturated carbocycles.